The maximum atomic E-state index is 12.6. The summed E-state index contributed by atoms with van der Waals surface area (Å²) in [5, 5.41) is 0.362. The van der Waals surface area contributed by atoms with Gasteiger partial charge in [-0.2, -0.15) is 0 Å². The number of nitrogens with one attached hydrogen (secondary N) is 1. The van der Waals surface area contributed by atoms with Gasteiger partial charge < -0.3 is 0 Å². The Morgan fingerprint density at radius 1 is 1.00 bits per heavy atom. The Kier molecular flexibility index (Phi) is 4.25. The van der Waals surface area contributed by atoms with Crippen LogP contribution >= 0.6 is 11.6 Å². The van der Waals surface area contributed by atoms with Gasteiger partial charge in [0.05, 0.1) is 16.8 Å². The van der Waals surface area contributed by atoms with Crippen molar-refractivity contribution in [3.05, 3.63) is 51.8 Å². The highest BCUT2D eigenvalue weighted by Gasteiger charge is 2.20. The number of pyridine rings is 1. The summed E-state index contributed by atoms with van der Waals surface area (Å²) in [6.45, 7) is 7.30. The highest BCUT2D eigenvalue weighted by atomic mass is 35.5. The zero-order valence-electron chi connectivity index (χ0n) is 12.4. The first-order chi connectivity index (χ1) is 9.70. The van der Waals surface area contributed by atoms with E-state index in [0.717, 1.165) is 16.7 Å². The highest BCUT2D eigenvalue weighted by Crippen LogP contribution is 2.25. The minimum atomic E-state index is -3.65. The lowest BCUT2D eigenvalue weighted by Crippen LogP contribution is -2.16. The molecule has 0 aliphatic heterocycles. The van der Waals surface area contributed by atoms with E-state index < -0.39 is 10.0 Å². The predicted molar refractivity (Wildman–Crippen MR) is 85.4 cm³/mol. The second-order valence-electron chi connectivity index (χ2n) is 5.17. The summed E-state index contributed by atoms with van der Waals surface area (Å²) < 4.78 is 27.7. The van der Waals surface area contributed by atoms with Crippen molar-refractivity contribution in [2.75, 3.05) is 4.72 Å². The van der Waals surface area contributed by atoms with Crippen LogP contribution in [0.3, 0.4) is 0 Å². The number of hydrogen-bond acceptors (Lipinski definition) is 3. The molecule has 0 aliphatic carbocycles. The molecule has 0 aliphatic rings. The van der Waals surface area contributed by atoms with E-state index in [9.17, 15) is 8.42 Å². The van der Waals surface area contributed by atoms with Gasteiger partial charge in [-0.25, -0.2) is 13.4 Å². The molecule has 21 heavy (non-hydrogen) atoms. The van der Waals surface area contributed by atoms with Gasteiger partial charge in [0.25, 0.3) is 10.0 Å². The number of sulfonamides is 1. The smallest absolute Gasteiger partial charge is 0.262 e. The van der Waals surface area contributed by atoms with E-state index in [2.05, 4.69) is 9.71 Å². The maximum Gasteiger partial charge on any atom is 0.262 e. The van der Waals surface area contributed by atoms with Gasteiger partial charge in [-0.05, 0) is 50.5 Å². The number of halogens is 1. The Bertz CT molecular complexity index is 778. The van der Waals surface area contributed by atoms with Crippen molar-refractivity contribution < 1.29 is 8.42 Å². The van der Waals surface area contributed by atoms with Gasteiger partial charge in [-0.1, -0.05) is 29.3 Å². The molecule has 0 saturated heterocycles. The zero-order chi connectivity index (χ0) is 15.8. The lowest BCUT2D eigenvalue weighted by atomic mass is 10.1. The third kappa shape index (κ3) is 3.36. The van der Waals surface area contributed by atoms with Crippen molar-refractivity contribution in [1.29, 1.82) is 0 Å². The number of aryl methyl sites for hydroxylation is 4. The van der Waals surface area contributed by atoms with E-state index >= 15 is 0 Å². The van der Waals surface area contributed by atoms with Gasteiger partial charge in [-0.3, -0.25) is 4.72 Å². The van der Waals surface area contributed by atoms with Gasteiger partial charge in [-0.15, -0.1) is 0 Å². The first kappa shape index (κ1) is 15.8. The average molecular weight is 325 g/mol. The third-order valence-electron chi connectivity index (χ3n) is 3.14. The maximum absolute atomic E-state index is 12.6. The molecule has 112 valence electrons. The van der Waals surface area contributed by atoms with Crippen LogP contribution in [0.5, 0.6) is 0 Å². The number of hydrogen-bond donors (Lipinski definition) is 1. The lowest BCUT2D eigenvalue weighted by molar-refractivity contribution is 0.600. The fourth-order valence-electron chi connectivity index (χ4n) is 2.41. The Hall–Kier alpha value is -1.59. The molecule has 0 spiro atoms. The molecule has 0 amide bonds. The molecule has 2 aromatic rings. The molecule has 0 bridgehead atoms. The Morgan fingerprint density at radius 2 is 1.57 bits per heavy atom. The molecule has 1 heterocycles. The van der Waals surface area contributed by atoms with Crippen molar-refractivity contribution in [2.24, 2.45) is 0 Å². The van der Waals surface area contributed by atoms with Crippen LogP contribution < -0.4 is 4.72 Å². The van der Waals surface area contributed by atoms with Crippen molar-refractivity contribution in [1.82, 2.24) is 4.98 Å². The van der Waals surface area contributed by atoms with Crippen molar-refractivity contribution in [2.45, 2.75) is 32.6 Å². The SMILES string of the molecule is Cc1cc(C)c(S(=O)(=O)Nc2cnc(Cl)c(C)c2)c(C)c1. The monoisotopic (exact) mass is 324 g/mol. The molecule has 0 atom stereocenters. The molecule has 4 nitrogen and oxygen atoms in total. The molecule has 1 N–H and O–H groups in total. The van der Waals surface area contributed by atoms with Crippen LogP contribution in [-0.4, -0.2) is 13.4 Å². The quantitative estimate of drug-likeness (QED) is 0.874. The fraction of sp³-hybridized carbons (Fsp3) is 0.267. The summed E-state index contributed by atoms with van der Waals surface area (Å²) in [6, 6.07) is 5.37. The minimum Gasteiger partial charge on any atom is -0.278 e. The third-order valence-corrected chi connectivity index (χ3v) is 5.22. The van der Waals surface area contributed by atoms with Crippen LogP contribution in [0, 0.1) is 27.7 Å². The number of aromatic nitrogens is 1. The van der Waals surface area contributed by atoms with Crippen molar-refractivity contribution in [3.8, 4) is 0 Å². The summed E-state index contributed by atoms with van der Waals surface area (Å²) in [6.07, 6.45) is 1.41. The van der Waals surface area contributed by atoms with Crippen molar-refractivity contribution in [3.63, 3.8) is 0 Å². The topological polar surface area (TPSA) is 59.1 Å². The predicted octanol–water partition coefficient (Wildman–Crippen LogP) is 3.77. The molecular formula is C15H17ClN2O2S. The van der Waals surface area contributed by atoms with Crippen molar-refractivity contribution >= 4 is 27.3 Å². The molecule has 0 saturated carbocycles. The summed E-state index contributed by atoms with van der Waals surface area (Å²) in [7, 11) is -3.65. The van der Waals surface area contributed by atoms with E-state index in [1.807, 2.05) is 19.1 Å². The first-order valence-electron chi connectivity index (χ1n) is 6.43. The number of benzene rings is 1. The molecule has 0 fully saturated rings. The average Bonchev–Trinajstić information content (AvgIpc) is 2.31. The van der Waals surface area contributed by atoms with E-state index in [0.29, 0.717) is 21.3 Å². The van der Waals surface area contributed by atoms with Crippen LogP contribution in [0.2, 0.25) is 5.15 Å². The first-order valence-corrected chi connectivity index (χ1v) is 8.29. The molecule has 0 radical (unpaired) electrons. The molecule has 1 aromatic carbocycles. The fourth-order valence-corrected chi connectivity index (χ4v) is 4.00. The Balaban J connectivity index is 2.46. The zero-order valence-corrected chi connectivity index (χ0v) is 13.9. The van der Waals surface area contributed by atoms with Gasteiger partial charge in [0.15, 0.2) is 0 Å². The number of rotatable bonds is 3. The summed E-state index contributed by atoms with van der Waals surface area (Å²) in [4.78, 5) is 4.26. The van der Waals surface area contributed by atoms with Gasteiger partial charge in [0.2, 0.25) is 0 Å². The van der Waals surface area contributed by atoms with E-state index in [1.54, 1.807) is 26.8 Å². The van der Waals surface area contributed by atoms with E-state index in [4.69, 9.17) is 11.6 Å². The number of nitrogens with zero attached hydrogens (tertiary/aromatic N) is 1. The summed E-state index contributed by atoms with van der Waals surface area (Å²) in [5.41, 5.74) is 3.59. The molecule has 6 heteroatoms. The van der Waals surface area contributed by atoms with E-state index in [1.165, 1.54) is 6.20 Å². The standard InChI is InChI=1S/C15H17ClN2O2S/c1-9-5-10(2)14(11(3)6-9)21(19,20)18-13-7-12(4)15(16)17-8-13/h5-8,18H,1-4H3. The van der Waals surface area contributed by atoms with E-state index in [-0.39, 0.29) is 0 Å². The molecule has 0 unspecified atom stereocenters. The minimum absolute atomic E-state index is 0.306. The summed E-state index contributed by atoms with van der Waals surface area (Å²) >= 11 is 5.85. The number of anilines is 1. The van der Waals surface area contributed by atoms with Crippen LogP contribution in [0.25, 0.3) is 0 Å². The Morgan fingerprint density at radius 3 is 2.10 bits per heavy atom. The van der Waals surface area contributed by atoms with Gasteiger partial charge >= 0.3 is 0 Å². The molecular weight excluding hydrogens is 308 g/mol. The van der Waals surface area contributed by atoms with Gasteiger partial charge in [0.1, 0.15) is 5.15 Å². The Labute approximate surface area is 130 Å². The molecule has 2 rings (SSSR count). The summed E-state index contributed by atoms with van der Waals surface area (Å²) in [5.74, 6) is 0. The largest absolute Gasteiger partial charge is 0.278 e. The van der Waals surface area contributed by atoms with Crippen LogP contribution in [-0.2, 0) is 10.0 Å². The normalized spacial score (nSPS) is 11.5. The van der Waals surface area contributed by atoms with Crippen LogP contribution in [0.4, 0.5) is 5.69 Å². The van der Waals surface area contributed by atoms with Crippen LogP contribution in [0.15, 0.2) is 29.3 Å². The van der Waals surface area contributed by atoms with Gasteiger partial charge in [0, 0.05) is 0 Å². The second kappa shape index (κ2) is 5.66. The lowest BCUT2D eigenvalue weighted by Gasteiger charge is -2.14. The van der Waals surface area contributed by atoms with Crippen LogP contribution in [0.1, 0.15) is 22.3 Å². The second-order valence-corrected chi connectivity index (χ2v) is 7.14. The molecule has 1 aromatic heterocycles. The highest BCUT2D eigenvalue weighted by molar-refractivity contribution is 7.92.